The van der Waals surface area contributed by atoms with Gasteiger partial charge in [0.05, 0.1) is 11.8 Å². The fourth-order valence-electron chi connectivity index (χ4n) is 2.80. The van der Waals surface area contributed by atoms with E-state index in [0.29, 0.717) is 12.6 Å². The minimum absolute atomic E-state index is 0. The Labute approximate surface area is 166 Å². The molecular weight excluding hydrogens is 427 g/mol. The van der Waals surface area contributed by atoms with E-state index in [4.69, 9.17) is 4.74 Å². The quantitative estimate of drug-likeness (QED) is 0.416. The standard InChI is InChI=1S/C19H24N4O.HI/c1-20-19(23-14-17-8-5-11-24-17)22-13-15-6-4-7-16(12-15)18-9-2-3-10-21-18;/h2-4,6-7,9-10,12,17H,5,8,11,13-14H2,1H3,(H2,20,22,23);1H. The number of nitrogens with zero attached hydrogens (tertiary/aromatic N) is 2. The van der Waals surface area contributed by atoms with Crippen LogP contribution in [-0.2, 0) is 11.3 Å². The lowest BCUT2D eigenvalue weighted by atomic mass is 10.1. The number of rotatable bonds is 5. The highest BCUT2D eigenvalue weighted by molar-refractivity contribution is 14.0. The highest BCUT2D eigenvalue weighted by atomic mass is 127. The van der Waals surface area contributed by atoms with Gasteiger partial charge in [0.1, 0.15) is 0 Å². The molecule has 25 heavy (non-hydrogen) atoms. The van der Waals surface area contributed by atoms with Crippen molar-refractivity contribution in [3.8, 4) is 11.3 Å². The minimum Gasteiger partial charge on any atom is -0.376 e. The van der Waals surface area contributed by atoms with Crippen LogP contribution in [0, 0.1) is 0 Å². The van der Waals surface area contributed by atoms with Gasteiger partial charge in [-0.1, -0.05) is 24.3 Å². The smallest absolute Gasteiger partial charge is 0.191 e. The molecule has 1 atom stereocenters. The summed E-state index contributed by atoms with van der Waals surface area (Å²) in [6.07, 6.45) is 4.39. The molecule has 2 N–H and O–H groups in total. The molecule has 2 heterocycles. The Balaban J connectivity index is 0.00000225. The highest BCUT2D eigenvalue weighted by Gasteiger charge is 2.15. The summed E-state index contributed by atoms with van der Waals surface area (Å²) in [5.41, 5.74) is 3.30. The predicted octanol–water partition coefficient (Wildman–Crippen LogP) is 3.21. The van der Waals surface area contributed by atoms with Crippen LogP contribution in [-0.4, -0.2) is 37.2 Å². The highest BCUT2D eigenvalue weighted by Crippen LogP contribution is 2.17. The maximum absolute atomic E-state index is 5.62. The molecule has 2 aromatic rings. The van der Waals surface area contributed by atoms with Crippen molar-refractivity contribution >= 4 is 29.9 Å². The van der Waals surface area contributed by atoms with Gasteiger partial charge in [-0.15, -0.1) is 24.0 Å². The van der Waals surface area contributed by atoms with Crippen LogP contribution in [0.4, 0.5) is 0 Å². The van der Waals surface area contributed by atoms with Crippen LogP contribution in [0.2, 0.25) is 0 Å². The second-order valence-corrected chi connectivity index (χ2v) is 5.86. The Morgan fingerprint density at radius 2 is 2.16 bits per heavy atom. The van der Waals surface area contributed by atoms with Crippen LogP contribution in [0.1, 0.15) is 18.4 Å². The number of pyridine rings is 1. The number of aliphatic imine (C=N–C) groups is 1. The second-order valence-electron chi connectivity index (χ2n) is 5.86. The van der Waals surface area contributed by atoms with Crippen molar-refractivity contribution in [2.24, 2.45) is 4.99 Å². The van der Waals surface area contributed by atoms with Crippen molar-refractivity contribution < 1.29 is 4.74 Å². The Kier molecular flexibility index (Phi) is 8.14. The zero-order valence-electron chi connectivity index (χ0n) is 14.4. The summed E-state index contributed by atoms with van der Waals surface area (Å²) in [6.45, 7) is 2.39. The number of benzene rings is 1. The van der Waals surface area contributed by atoms with Crippen molar-refractivity contribution in [1.82, 2.24) is 15.6 Å². The van der Waals surface area contributed by atoms with Gasteiger partial charge in [-0.25, -0.2) is 0 Å². The molecule has 1 aromatic carbocycles. The van der Waals surface area contributed by atoms with E-state index < -0.39 is 0 Å². The Morgan fingerprint density at radius 3 is 2.88 bits per heavy atom. The zero-order valence-corrected chi connectivity index (χ0v) is 16.8. The second kappa shape index (κ2) is 10.4. The van der Waals surface area contributed by atoms with E-state index >= 15 is 0 Å². The molecule has 1 unspecified atom stereocenters. The van der Waals surface area contributed by atoms with Gasteiger partial charge in [-0.05, 0) is 36.6 Å². The van der Waals surface area contributed by atoms with E-state index in [2.05, 4.69) is 44.9 Å². The largest absolute Gasteiger partial charge is 0.376 e. The molecule has 1 aliphatic heterocycles. The van der Waals surface area contributed by atoms with E-state index in [1.54, 1.807) is 7.05 Å². The summed E-state index contributed by atoms with van der Waals surface area (Å²) < 4.78 is 5.62. The number of halogens is 1. The van der Waals surface area contributed by atoms with E-state index in [1.807, 2.05) is 24.4 Å². The molecule has 0 aliphatic carbocycles. The number of nitrogens with one attached hydrogen (secondary N) is 2. The fraction of sp³-hybridized carbons (Fsp3) is 0.368. The maximum atomic E-state index is 5.62. The first-order valence-electron chi connectivity index (χ1n) is 8.41. The molecule has 1 fully saturated rings. The summed E-state index contributed by atoms with van der Waals surface area (Å²) >= 11 is 0. The monoisotopic (exact) mass is 452 g/mol. The number of ether oxygens (including phenoxy) is 1. The van der Waals surface area contributed by atoms with E-state index in [9.17, 15) is 0 Å². The van der Waals surface area contributed by atoms with Gasteiger partial charge in [0, 0.05) is 38.5 Å². The van der Waals surface area contributed by atoms with Crippen molar-refractivity contribution in [1.29, 1.82) is 0 Å². The average molecular weight is 452 g/mol. The molecule has 0 amide bonds. The average Bonchev–Trinajstić information content (AvgIpc) is 3.16. The third kappa shape index (κ3) is 5.97. The Bertz CT molecular complexity index is 672. The Morgan fingerprint density at radius 1 is 1.24 bits per heavy atom. The lowest BCUT2D eigenvalue weighted by Gasteiger charge is -2.15. The van der Waals surface area contributed by atoms with Gasteiger partial charge < -0.3 is 15.4 Å². The van der Waals surface area contributed by atoms with Crippen LogP contribution < -0.4 is 10.6 Å². The third-order valence-corrected chi connectivity index (χ3v) is 4.09. The molecule has 0 saturated carbocycles. The van der Waals surface area contributed by atoms with Gasteiger partial charge in [-0.3, -0.25) is 9.98 Å². The number of aromatic nitrogens is 1. The normalized spacial score (nSPS) is 17.0. The van der Waals surface area contributed by atoms with Crippen LogP contribution in [0.25, 0.3) is 11.3 Å². The third-order valence-electron chi connectivity index (χ3n) is 4.09. The predicted molar refractivity (Wildman–Crippen MR) is 112 cm³/mol. The molecule has 0 spiro atoms. The molecule has 0 radical (unpaired) electrons. The van der Waals surface area contributed by atoms with Crippen LogP contribution in [0.15, 0.2) is 53.7 Å². The van der Waals surface area contributed by atoms with Crippen molar-refractivity contribution in [3.63, 3.8) is 0 Å². The first-order chi connectivity index (χ1) is 11.8. The molecule has 5 nitrogen and oxygen atoms in total. The molecule has 3 rings (SSSR count). The number of hydrogen-bond acceptors (Lipinski definition) is 3. The van der Waals surface area contributed by atoms with Gasteiger partial charge in [0.2, 0.25) is 0 Å². The molecule has 1 saturated heterocycles. The molecule has 6 heteroatoms. The molecule has 1 aromatic heterocycles. The van der Waals surface area contributed by atoms with Crippen LogP contribution in [0.3, 0.4) is 0 Å². The van der Waals surface area contributed by atoms with Crippen LogP contribution >= 0.6 is 24.0 Å². The molecule has 1 aliphatic rings. The maximum Gasteiger partial charge on any atom is 0.191 e. The lowest BCUT2D eigenvalue weighted by molar-refractivity contribution is 0.114. The topological polar surface area (TPSA) is 58.5 Å². The van der Waals surface area contributed by atoms with Crippen molar-refractivity contribution in [3.05, 3.63) is 54.2 Å². The minimum atomic E-state index is 0. The molecule has 0 bridgehead atoms. The van der Waals surface area contributed by atoms with E-state index in [-0.39, 0.29) is 24.0 Å². The fourth-order valence-corrected chi connectivity index (χ4v) is 2.80. The number of hydrogen-bond donors (Lipinski definition) is 2. The summed E-state index contributed by atoms with van der Waals surface area (Å²) in [6, 6.07) is 14.4. The van der Waals surface area contributed by atoms with Gasteiger partial charge in [-0.2, -0.15) is 0 Å². The van der Waals surface area contributed by atoms with Crippen molar-refractivity contribution in [2.75, 3.05) is 20.2 Å². The summed E-state index contributed by atoms with van der Waals surface area (Å²) in [5, 5.41) is 6.68. The summed E-state index contributed by atoms with van der Waals surface area (Å²) in [7, 11) is 1.79. The van der Waals surface area contributed by atoms with Gasteiger partial charge in [0.15, 0.2) is 5.96 Å². The first kappa shape index (κ1) is 19.7. The number of guanidine groups is 1. The summed E-state index contributed by atoms with van der Waals surface area (Å²) in [5.74, 6) is 0.800. The van der Waals surface area contributed by atoms with Gasteiger partial charge in [0.25, 0.3) is 0 Å². The molecular formula is C19H25IN4O. The Hall–Kier alpha value is -1.67. The molecule has 134 valence electrons. The zero-order chi connectivity index (χ0) is 16.6. The lowest BCUT2D eigenvalue weighted by Crippen LogP contribution is -2.40. The van der Waals surface area contributed by atoms with Gasteiger partial charge >= 0.3 is 0 Å². The van der Waals surface area contributed by atoms with Crippen LogP contribution in [0.5, 0.6) is 0 Å². The van der Waals surface area contributed by atoms with E-state index in [1.165, 1.54) is 5.56 Å². The first-order valence-corrected chi connectivity index (χ1v) is 8.41. The van der Waals surface area contributed by atoms with E-state index in [0.717, 1.165) is 43.2 Å². The SMILES string of the molecule is CN=C(NCc1cccc(-c2ccccn2)c1)NCC1CCCO1.I. The van der Waals surface area contributed by atoms with Crippen molar-refractivity contribution in [2.45, 2.75) is 25.5 Å². The summed E-state index contributed by atoms with van der Waals surface area (Å²) in [4.78, 5) is 8.68.